The number of ether oxygens (including phenoxy) is 2. The molecule has 3 aromatic rings. The quantitative estimate of drug-likeness (QED) is 0.400. The standard InChI is InChI=1S/C25H24O4S/c1-14-5-6-18(11-15(14)2)23(26)16(3)29-25(27)22-13-19-8-7-17-12-20(28-4)9-10-21(17)24(19)30-22/h5-6,9-13,16H,7-8H2,1-4H3/t16-/m1/s1. The van der Waals surface area contributed by atoms with Gasteiger partial charge in [-0.1, -0.05) is 12.1 Å². The van der Waals surface area contributed by atoms with Gasteiger partial charge in [-0.2, -0.15) is 0 Å². The Morgan fingerprint density at radius 3 is 2.47 bits per heavy atom. The van der Waals surface area contributed by atoms with Crippen molar-refractivity contribution in [2.45, 2.75) is 39.7 Å². The van der Waals surface area contributed by atoms with E-state index in [0.29, 0.717) is 10.4 Å². The van der Waals surface area contributed by atoms with E-state index in [1.165, 1.54) is 16.9 Å². The number of carbonyl (C=O) groups is 2. The van der Waals surface area contributed by atoms with Gasteiger partial charge in [0.2, 0.25) is 5.78 Å². The molecule has 5 heteroatoms. The summed E-state index contributed by atoms with van der Waals surface area (Å²) in [7, 11) is 1.66. The van der Waals surface area contributed by atoms with Gasteiger partial charge in [0.15, 0.2) is 6.10 Å². The van der Waals surface area contributed by atoms with E-state index in [1.54, 1.807) is 20.1 Å². The van der Waals surface area contributed by atoms with Gasteiger partial charge in [-0.25, -0.2) is 4.79 Å². The number of Topliss-reactive ketones (excluding diaryl/α,β-unsaturated/α-hetero) is 1. The number of hydrogen-bond acceptors (Lipinski definition) is 5. The number of hydrogen-bond donors (Lipinski definition) is 0. The largest absolute Gasteiger partial charge is 0.497 e. The summed E-state index contributed by atoms with van der Waals surface area (Å²) in [5.74, 6) is 0.200. The van der Waals surface area contributed by atoms with Crippen molar-refractivity contribution in [2.24, 2.45) is 0 Å². The minimum absolute atomic E-state index is 0.190. The number of fused-ring (bicyclic) bond motifs is 3. The van der Waals surface area contributed by atoms with Gasteiger partial charge in [-0.15, -0.1) is 11.3 Å². The van der Waals surface area contributed by atoms with Crippen LogP contribution in [0.1, 0.15) is 49.2 Å². The summed E-state index contributed by atoms with van der Waals surface area (Å²) in [6.45, 7) is 5.59. The highest BCUT2D eigenvalue weighted by Crippen LogP contribution is 2.41. The Hall–Kier alpha value is -2.92. The molecule has 0 unspecified atom stereocenters. The molecule has 4 nitrogen and oxygen atoms in total. The molecule has 0 amide bonds. The Morgan fingerprint density at radius 2 is 1.73 bits per heavy atom. The number of esters is 1. The molecule has 0 spiro atoms. The van der Waals surface area contributed by atoms with Crippen LogP contribution in [0.5, 0.6) is 5.75 Å². The van der Waals surface area contributed by atoms with Gasteiger partial charge in [-0.05, 0) is 91.8 Å². The third-order valence-corrected chi connectivity index (χ3v) is 6.87. The second kappa shape index (κ2) is 8.07. The third-order valence-electron chi connectivity index (χ3n) is 5.68. The first kappa shape index (κ1) is 20.4. The fraction of sp³-hybridized carbons (Fsp3) is 0.280. The van der Waals surface area contributed by atoms with Crippen LogP contribution in [-0.4, -0.2) is 25.0 Å². The highest BCUT2D eigenvalue weighted by Gasteiger charge is 2.25. The van der Waals surface area contributed by atoms with Crippen molar-refractivity contribution in [1.82, 2.24) is 0 Å². The molecule has 0 saturated carbocycles. The van der Waals surface area contributed by atoms with Crippen molar-refractivity contribution in [1.29, 1.82) is 0 Å². The summed E-state index contributed by atoms with van der Waals surface area (Å²) in [6, 6.07) is 13.5. The minimum atomic E-state index is -0.838. The Labute approximate surface area is 180 Å². The Kier molecular flexibility index (Phi) is 5.48. The molecule has 1 aliphatic rings. The normalized spacial score (nSPS) is 13.2. The van der Waals surface area contributed by atoms with Crippen molar-refractivity contribution < 1.29 is 19.1 Å². The van der Waals surface area contributed by atoms with Gasteiger partial charge < -0.3 is 9.47 Å². The SMILES string of the molecule is COc1ccc2c(c1)CCc1cc(C(=O)O[C@H](C)C(=O)c3ccc(C)c(C)c3)sc1-2. The molecule has 0 saturated heterocycles. The Morgan fingerprint density at radius 1 is 0.967 bits per heavy atom. The second-order valence-corrected chi connectivity index (χ2v) is 8.75. The van der Waals surface area contributed by atoms with Crippen molar-refractivity contribution in [2.75, 3.05) is 7.11 Å². The average molecular weight is 421 g/mol. The van der Waals surface area contributed by atoms with E-state index >= 15 is 0 Å². The number of carbonyl (C=O) groups excluding carboxylic acids is 2. The number of thiophene rings is 1. The lowest BCUT2D eigenvalue weighted by Crippen LogP contribution is -2.24. The van der Waals surface area contributed by atoms with Crippen LogP contribution in [0.4, 0.5) is 0 Å². The molecule has 1 aromatic heterocycles. The van der Waals surface area contributed by atoms with Crippen LogP contribution in [0.25, 0.3) is 10.4 Å². The van der Waals surface area contributed by atoms with Gasteiger partial charge in [0.05, 0.1) is 7.11 Å². The maximum Gasteiger partial charge on any atom is 0.349 e. The summed E-state index contributed by atoms with van der Waals surface area (Å²) in [5, 5.41) is 0. The third kappa shape index (κ3) is 3.77. The summed E-state index contributed by atoms with van der Waals surface area (Å²) in [5.41, 5.74) is 6.24. The Balaban J connectivity index is 1.52. The molecule has 0 N–H and O–H groups in total. The lowest BCUT2D eigenvalue weighted by molar-refractivity contribution is 0.0323. The van der Waals surface area contributed by atoms with Gasteiger partial charge >= 0.3 is 5.97 Å². The predicted molar refractivity (Wildman–Crippen MR) is 119 cm³/mol. The monoisotopic (exact) mass is 420 g/mol. The molecule has 30 heavy (non-hydrogen) atoms. The van der Waals surface area contributed by atoms with Crippen molar-refractivity contribution in [3.8, 4) is 16.2 Å². The zero-order chi connectivity index (χ0) is 21.4. The molecule has 4 rings (SSSR count). The van der Waals surface area contributed by atoms with E-state index in [-0.39, 0.29) is 5.78 Å². The highest BCUT2D eigenvalue weighted by molar-refractivity contribution is 7.17. The van der Waals surface area contributed by atoms with E-state index in [1.807, 2.05) is 44.2 Å². The maximum atomic E-state index is 12.8. The van der Waals surface area contributed by atoms with Crippen LogP contribution in [0.15, 0.2) is 42.5 Å². The molecular weight excluding hydrogens is 396 g/mol. The van der Waals surface area contributed by atoms with Crippen LogP contribution in [-0.2, 0) is 17.6 Å². The predicted octanol–water partition coefficient (Wildman–Crippen LogP) is 5.57. The molecule has 2 aromatic carbocycles. The van der Waals surface area contributed by atoms with E-state index < -0.39 is 12.1 Å². The number of aryl methyl sites for hydroxylation is 4. The molecule has 0 radical (unpaired) electrons. The zero-order valence-electron chi connectivity index (χ0n) is 17.6. The smallest absolute Gasteiger partial charge is 0.349 e. The molecule has 0 bridgehead atoms. The van der Waals surface area contributed by atoms with Crippen LogP contribution < -0.4 is 4.74 Å². The van der Waals surface area contributed by atoms with Crippen molar-refractivity contribution in [3.63, 3.8) is 0 Å². The van der Waals surface area contributed by atoms with E-state index in [0.717, 1.165) is 45.7 Å². The number of rotatable bonds is 5. The second-order valence-electron chi connectivity index (χ2n) is 7.70. The van der Waals surface area contributed by atoms with Gasteiger partial charge in [0, 0.05) is 10.4 Å². The van der Waals surface area contributed by atoms with Crippen molar-refractivity contribution in [3.05, 3.63) is 75.2 Å². The van der Waals surface area contributed by atoms with Gasteiger partial charge in [0.1, 0.15) is 10.6 Å². The molecular formula is C25H24O4S. The first-order valence-electron chi connectivity index (χ1n) is 10.00. The molecule has 0 fully saturated rings. The molecule has 154 valence electrons. The van der Waals surface area contributed by atoms with Crippen LogP contribution >= 0.6 is 11.3 Å². The summed E-state index contributed by atoms with van der Waals surface area (Å²) in [4.78, 5) is 27.1. The number of ketones is 1. The number of methoxy groups -OCH3 is 1. The fourth-order valence-corrected chi connectivity index (χ4v) is 4.89. The van der Waals surface area contributed by atoms with E-state index in [9.17, 15) is 9.59 Å². The lowest BCUT2D eigenvalue weighted by atomic mass is 9.91. The highest BCUT2D eigenvalue weighted by atomic mass is 32.1. The number of benzene rings is 2. The molecule has 1 aliphatic carbocycles. The zero-order valence-corrected chi connectivity index (χ0v) is 18.4. The average Bonchev–Trinajstić information content (AvgIpc) is 3.19. The fourth-order valence-electron chi connectivity index (χ4n) is 3.74. The lowest BCUT2D eigenvalue weighted by Gasteiger charge is -2.16. The van der Waals surface area contributed by atoms with Crippen LogP contribution in [0, 0.1) is 13.8 Å². The minimum Gasteiger partial charge on any atom is -0.497 e. The summed E-state index contributed by atoms with van der Waals surface area (Å²) in [6.07, 6.45) is 0.943. The van der Waals surface area contributed by atoms with Gasteiger partial charge in [-0.3, -0.25) is 4.79 Å². The van der Waals surface area contributed by atoms with Crippen LogP contribution in [0.2, 0.25) is 0 Å². The molecule has 1 heterocycles. The first-order chi connectivity index (χ1) is 14.4. The first-order valence-corrected chi connectivity index (χ1v) is 10.8. The maximum absolute atomic E-state index is 12.8. The summed E-state index contributed by atoms with van der Waals surface area (Å²) >= 11 is 1.43. The van der Waals surface area contributed by atoms with Crippen LogP contribution in [0.3, 0.4) is 0 Å². The summed E-state index contributed by atoms with van der Waals surface area (Å²) < 4.78 is 10.9. The van der Waals surface area contributed by atoms with E-state index in [4.69, 9.17) is 9.47 Å². The topological polar surface area (TPSA) is 52.6 Å². The Bertz CT molecular complexity index is 1140. The molecule has 1 atom stereocenters. The van der Waals surface area contributed by atoms with E-state index in [2.05, 4.69) is 6.07 Å². The van der Waals surface area contributed by atoms with Crippen molar-refractivity contribution >= 4 is 23.1 Å². The van der Waals surface area contributed by atoms with Gasteiger partial charge in [0.25, 0.3) is 0 Å². The molecule has 0 aliphatic heterocycles.